The average Bonchev–Trinajstić information content (AvgIpc) is 3.52. The Hall–Kier alpha value is -4.38. The number of hydrogen-bond acceptors (Lipinski definition) is 7. The van der Waals surface area contributed by atoms with Crippen molar-refractivity contribution >= 4 is 29.1 Å². The number of thiophene rings is 1. The second-order valence-electron chi connectivity index (χ2n) is 6.57. The first kappa shape index (κ1) is 21.8. The lowest BCUT2D eigenvalue weighted by Gasteiger charge is -2.07. The van der Waals surface area contributed by atoms with Crippen LogP contribution in [0.1, 0.15) is 21.0 Å². The predicted molar refractivity (Wildman–Crippen MR) is 117 cm³/mol. The molecule has 2 aromatic carbocycles. The van der Waals surface area contributed by atoms with E-state index in [-0.39, 0.29) is 5.82 Å². The van der Waals surface area contributed by atoms with Gasteiger partial charge in [-0.2, -0.15) is 4.98 Å². The lowest BCUT2D eigenvalue weighted by atomic mass is 10.2. The van der Waals surface area contributed by atoms with Gasteiger partial charge >= 0.3 is 5.97 Å². The molecule has 2 aromatic heterocycles. The molecule has 9 nitrogen and oxygen atoms in total. The highest BCUT2D eigenvalue weighted by Crippen LogP contribution is 2.25. The summed E-state index contributed by atoms with van der Waals surface area (Å²) in [6.45, 7) is -0.659. The number of esters is 1. The van der Waals surface area contributed by atoms with E-state index in [4.69, 9.17) is 4.74 Å². The van der Waals surface area contributed by atoms with Crippen LogP contribution >= 0.6 is 11.3 Å². The molecule has 0 aliphatic rings. The molecule has 2 heterocycles. The van der Waals surface area contributed by atoms with Gasteiger partial charge in [0.2, 0.25) is 0 Å². The van der Waals surface area contributed by atoms with E-state index in [2.05, 4.69) is 20.9 Å². The number of amides is 2. The third-order valence-corrected chi connectivity index (χ3v) is 5.15. The van der Waals surface area contributed by atoms with Crippen LogP contribution in [-0.2, 0) is 9.53 Å². The predicted octanol–water partition coefficient (Wildman–Crippen LogP) is 2.75. The van der Waals surface area contributed by atoms with E-state index >= 15 is 0 Å². The molecule has 0 spiro atoms. The molecular formula is C22H16FN5O4S. The van der Waals surface area contributed by atoms with Crippen molar-refractivity contribution in [3.05, 3.63) is 89.3 Å². The maximum Gasteiger partial charge on any atom is 0.378 e. The molecule has 0 unspecified atom stereocenters. The molecule has 4 rings (SSSR count). The van der Waals surface area contributed by atoms with Crippen LogP contribution in [0, 0.1) is 5.82 Å². The largest absolute Gasteiger partial charge is 0.450 e. The molecule has 0 saturated carbocycles. The fourth-order valence-corrected chi connectivity index (χ4v) is 3.44. The minimum absolute atomic E-state index is 0.274. The zero-order chi connectivity index (χ0) is 23.2. The van der Waals surface area contributed by atoms with Crippen molar-refractivity contribution in [1.29, 1.82) is 0 Å². The van der Waals surface area contributed by atoms with Crippen LogP contribution in [-0.4, -0.2) is 39.2 Å². The number of aromatic nitrogens is 3. The van der Waals surface area contributed by atoms with Crippen LogP contribution in [0.3, 0.4) is 0 Å². The van der Waals surface area contributed by atoms with Gasteiger partial charge in [0, 0.05) is 5.56 Å². The van der Waals surface area contributed by atoms with E-state index in [0.717, 1.165) is 4.88 Å². The number of hydrazine groups is 1. The Morgan fingerprint density at radius 3 is 2.42 bits per heavy atom. The van der Waals surface area contributed by atoms with Gasteiger partial charge in [-0.05, 0) is 47.8 Å². The third kappa shape index (κ3) is 5.28. The van der Waals surface area contributed by atoms with E-state index in [9.17, 15) is 18.8 Å². The number of carbonyl (C=O) groups excluding carboxylic acids is 3. The third-order valence-electron chi connectivity index (χ3n) is 4.29. The summed E-state index contributed by atoms with van der Waals surface area (Å²) in [4.78, 5) is 41.3. The highest BCUT2D eigenvalue weighted by molar-refractivity contribution is 7.13. The zero-order valence-corrected chi connectivity index (χ0v) is 17.7. The van der Waals surface area contributed by atoms with E-state index in [1.54, 1.807) is 36.4 Å². The number of carbonyl (C=O) groups is 3. The van der Waals surface area contributed by atoms with Crippen molar-refractivity contribution in [2.75, 3.05) is 6.61 Å². The van der Waals surface area contributed by atoms with Gasteiger partial charge in [0.15, 0.2) is 12.4 Å². The number of ether oxygens (including phenoxy) is 1. The van der Waals surface area contributed by atoms with Crippen LogP contribution in [0.5, 0.6) is 0 Å². The first-order valence-electron chi connectivity index (χ1n) is 9.59. The van der Waals surface area contributed by atoms with Crippen molar-refractivity contribution in [1.82, 2.24) is 25.6 Å². The van der Waals surface area contributed by atoms with Crippen molar-refractivity contribution in [2.45, 2.75) is 0 Å². The Balaban J connectivity index is 1.42. The molecule has 0 radical (unpaired) electrons. The van der Waals surface area contributed by atoms with Gasteiger partial charge in [0.05, 0.1) is 10.6 Å². The lowest BCUT2D eigenvalue weighted by Crippen LogP contribution is -2.43. The standard InChI is InChI=1S/C22H16FN5O4S/c23-15-8-10-16(11-9-15)28-20(17-7-4-12-33-17)24-19(27-28)22(31)32-13-18(29)25-26-21(30)14-5-2-1-3-6-14/h1-12H,13H2,(H,25,29)(H,26,30). The quantitative estimate of drug-likeness (QED) is 0.334. The normalized spacial score (nSPS) is 10.5. The molecule has 4 aromatic rings. The summed E-state index contributed by atoms with van der Waals surface area (Å²) in [5, 5.41) is 6.01. The van der Waals surface area contributed by atoms with Gasteiger partial charge in [-0.3, -0.25) is 20.4 Å². The van der Waals surface area contributed by atoms with Crippen LogP contribution in [0.25, 0.3) is 16.4 Å². The highest BCUT2D eigenvalue weighted by Gasteiger charge is 2.21. The van der Waals surface area contributed by atoms with E-state index in [1.165, 1.54) is 40.3 Å². The van der Waals surface area contributed by atoms with E-state index < -0.39 is 30.2 Å². The molecule has 0 fully saturated rings. The zero-order valence-electron chi connectivity index (χ0n) is 16.9. The first-order chi connectivity index (χ1) is 16.0. The summed E-state index contributed by atoms with van der Waals surface area (Å²) in [6.07, 6.45) is 0. The van der Waals surface area contributed by atoms with Crippen molar-refractivity contribution in [3.8, 4) is 16.4 Å². The summed E-state index contributed by atoms with van der Waals surface area (Å²) in [5.74, 6) is -2.52. The van der Waals surface area contributed by atoms with Crippen LogP contribution in [0.4, 0.5) is 4.39 Å². The van der Waals surface area contributed by atoms with Crippen molar-refractivity contribution in [3.63, 3.8) is 0 Å². The fraction of sp³-hybridized carbons (Fsp3) is 0.0455. The summed E-state index contributed by atoms with van der Waals surface area (Å²) < 4.78 is 19.7. The van der Waals surface area contributed by atoms with Crippen LogP contribution < -0.4 is 10.9 Å². The molecule has 2 N–H and O–H groups in total. The first-order valence-corrected chi connectivity index (χ1v) is 10.5. The molecule has 0 saturated heterocycles. The highest BCUT2D eigenvalue weighted by atomic mass is 32.1. The maximum atomic E-state index is 13.3. The van der Waals surface area contributed by atoms with Gasteiger partial charge < -0.3 is 4.74 Å². The lowest BCUT2D eigenvalue weighted by molar-refractivity contribution is -0.125. The second kappa shape index (κ2) is 9.83. The molecule has 0 aliphatic carbocycles. The van der Waals surface area contributed by atoms with Gasteiger partial charge in [-0.25, -0.2) is 13.9 Å². The van der Waals surface area contributed by atoms with Gasteiger partial charge in [-0.1, -0.05) is 24.3 Å². The van der Waals surface area contributed by atoms with E-state index in [1.807, 2.05) is 11.4 Å². The van der Waals surface area contributed by atoms with Crippen LogP contribution in [0.15, 0.2) is 72.1 Å². The summed E-state index contributed by atoms with van der Waals surface area (Å²) in [7, 11) is 0. The Morgan fingerprint density at radius 2 is 1.73 bits per heavy atom. The second-order valence-corrected chi connectivity index (χ2v) is 7.52. The Bertz CT molecular complexity index is 1270. The fourth-order valence-electron chi connectivity index (χ4n) is 2.75. The molecular weight excluding hydrogens is 449 g/mol. The van der Waals surface area contributed by atoms with Gasteiger partial charge in [0.1, 0.15) is 5.82 Å². The number of benzene rings is 2. The monoisotopic (exact) mass is 465 g/mol. The Morgan fingerprint density at radius 1 is 0.970 bits per heavy atom. The van der Waals surface area contributed by atoms with Gasteiger partial charge in [-0.15, -0.1) is 16.4 Å². The Labute approximate surface area is 190 Å². The van der Waals surface area contributed by atoms with Crippen molar-refractivity contribution in [2.24, 2.45) is 0 Å². The minimum Gasteiger partial charge on any atom is -0.450 e. The molecule has 0 atom stereocenters. The summed E-state index contributed by atoms with van der Waals surface area (Å²) >= 11 is 1.38. The number of nitrogens with one attached hydrogen (secondary N) is 2. The summed E-state index contributed by atoms with van der Waals surface area (Å²) in [5.41, 5.74) is 5.23. The summed E-state index contributed by atoms with van der Waals surface area (Å²) in [6, 6.07) is 17.4. The number of rotatable bonds is 6. The number of halogens is 1. The molecule has 33 heavy (non-hydrogen) atoms. The Kier molecular flexibility index (Phi) is 6.51. The number of nitrogens with zero attached hydrogens (tertiary/aromatic N) is 3. The molecule has 0 aliphatic heterocycles. The molecule has 0 bridgehead atoms. The maximum absolute atomic E-state index is 13.3. The van der Waals surface area contributed by atoms with E-state index in [0.29, 0.717) is 17.1 Å². The molecule has 2 amide bonds. The van der Waals surface area contributed by atoms with Gasteiger partial charge in [0.25, 0.3) is 17.6 Å². The number of hydrogen-bond donors (Lipinski definition) is 2. The van der Waals surface area contributed by atoms with Crippen molar-refractivity contribution < 1.29 is 23.5 Å². The minimum atomic E-state index is -0.932. The average molecular weight is 465 g/mol. The van der Waals surface area contributed by atoms with Crippen LogP contribution in [0.2, 0.25) is 0 Å². The molecule has 166 valence electrons. The SMILES string of the molecule is O=C(COC(=O)c1nc(-c2cccs2)n(-c2ccc(F)cc2)n1)NNC(=O)c1ccccc1. The molecule has 11 heteroatoms. The topological polar surface area (TPSA) is 115 Å². The smallest absolute Gasteiger partial charge is 0.378 e.